The lowest BCUT2D eigenvalue weighted by Crippen LogP contribution is -2.35. The van der Waals surface area contributed by atoms with Crippen LogP contribution in [-0.4, -0.2) is 33.9 Å². The Balaban J connectivity index is 1.42. The van der Waals surface area contributed by atoms with E-state index in [2.05, 4.69) is 20.9 Å². The maximum absolute atomic E-state index is 12.1. The summed E-state index contributed by atoms with van der Waals surface area (Å²) in [6.45, 7) is 0.631. The van der Waals surface area contributed by atoms with Crippen LogP contribution < -0.4 is 10.6 Å². The Morgan fingerprint density at radius 1 is 1.33 bits per heavy atom. The Labute approximate surface area is 157 Å². The largest absolute Gasteiger partial charge is 0.356 e. The Kier molecular flexibility index (Phi) is 4.77. The second-order valence-corrected chi connectivity index (χ2v) is 6.85. The second kappa shape index (κ2) is 7.36. The van der Waals surface area contributed by atoms with Gasteiger partial charge in [-0.05, 0) is 19.3 Å². The van der Waals surface area contributed by atoms with Crippen molar-refractivity contribution >= 4 is 5.91 Å². The van der Waals surface area contributed by atoms with Crippen molar-refractivity contribution in [2.75, 3.05) is 7.05 Å². The van der Waals surface area contributed by atoms with E-state index in [1.807, 2.05) is 48.1 Å². The number of aromatic nitrogens is 3. The number of carbonyl (C=O) groups excluding carboxylic acids is 1. The van der Waals surface area contributed by atoms with Crippen LogP contribution in [0.25, 0.3) is 11.3 Å². The van der Waals surface area contributed by atoms with Crippen LogP contribution in [0.15, 0.2) is 40.9 Å². The van der Waals surface area contributed by atoms with E-state index in [1.165, 1.54) is 0 Å². The van der Waals surface area contributed by atoms with Crippen LogP contribution in [0, 0.1) is 0 Å². The number of benzene rings is 1. The van der Waals surface area contributed by atoms with Gasteiger partial charge in [0.1, 0.15) is 0 Å². The van der Waals surface area contributed by atoms with E-state index in [0.29, 0.717) is 12.2 Å². The molecule has 0 fully saturated rings. The number of hydrogen-bond donors (Lipinski definition) is 2. The van der Waals surface area contributed by atoms with Gasteiger partial charge in [0.15, 0.2) is 11.5 Å². The summed E-state index contributed by atoms with van der Waals surface area (Å²) in [5, 5.41) is 14.8. The van der Waals surface area contributed by atoms with E-state index >= 15 is 0 Å². The molecule has 0 aliphatic heterocycles. The second-order valence-electron chi connectivity index (χ2n) is 6.85. The van der Waals surface area contributed by atoms with Crippen LogP contribution in [0.4, 0.5) is 0 Å². The van der Waals surface area contributed by atoms with Gasteiger partial charge in [-0.3, -0.25) is 9.48 Å². The molecule has 1 atom stereocenters. The summed E-state index contributed by atoms with van der Waals surface area (Å²) in [5.41, 5.74) is 4.63. The number of carbonyl (C=O) groups is 1. The van der Waals surface area contributed by atoms with Gasteiger partial charge < -0.3 is 15.2 Å². The van der Waals surface area contributed by atoms with Crippen LogP contribution >= 0.6 is 0 Å². The average Bonchev–Trinajstić information content (AvgIpc) is 3.31. The molecular weight excluding hydrogens is 342 g/mol. The standard InChI is InChI=1S/C20H23N5O2/c1-21-20(26)19-16-10-14(8-9-17(16)25(2)23-19)22-12-15-11-18(27-24-15)13-6-4-3-5-7-13/h3-7,11,14,22H,8-10,12H2,1-2H3,(H,21,26). The van der Waals surface area contributed by atoms with Gasteiger partial charge in [0.25, 0.3) is 5.91 Å². The van der Waals surface area contributed by atoms with Crippen molar-refractivity contribution in [2.24, 2.45) is 7.05 Å². The lowest BCUT2D eigenvalue weighted by molar-refractivity contribution is 0.0956. The minimum Gasteiger partial charge on any atom is -0.356 e. The summed E-state index contributed by atoms with van der Waals surface area (Å²) in [6, 6.07) is 12.2. The molecule has 3 aromatic rings. The molecule has 1 aromatic carbocycles. The third-order valence-corrected chi connectivity index (χ3v) is 5.09. The molecule has 2 N–H and O–H groups in total. The van der Waals surface area contributed by atoms with Crippen molar-refractivity contribution in [3.8, 4) is 11.3 Å². The minimum absolute atomic E-state index is 0.128. The SMILES string of the molecule is CNC(=O)c1nn(C)c2c1CC(NCc1cc(-c3ccccc3)on1)CC2. The molecule has 1 amide bonds. The zero-order valence-corrected chi connectivity index (χ0v) is 15.5. The summed E-state index contributed by atoms with van der Waals surface area (Å²) in [7, 11) is 3.54. The fourth-order valence-corrected chi connectivity index (χ4v) is 3.65. The van der Waals surface area contributed by atoms with Crippen LogP contribution in [0.3, 0.4) is 0 Å². The highest BCUT2D eigenvalue weighted by Crippen LogP contribution is 2.25. The van der Waals surface area contributed by atoms with Crippen molar-refractivity contribution in [2.45, 2.75) is 31.8 Å². The summed E-state index contributed by atoms with van der Waals surface area (Å²) in [4.78, 5) is 12.1. The van der Waals surface area contributed by atoms with Gasteiger partial charge in [-0.15, -0.1) is 0 Å². The predicted molar refractivity (Wildman–Crippen MR) is 101 cm³/mol. The monoisotopic (exact) mass is 365 g/mol. The molecule has 0 bridgehead atoms. The van der Waals surface area contributed by atoms with Crippen LogP contribution in [0.1, 0.15) is 33.9 Å². The molecule has 0 saturated heterocycles. The molecule has 140 valence electrons. The van der Waals surface area contributed by atoms with E-state index in [4.69, 9.17) is 4.52 Å². The number of nitrogens with one attached hydrogen (secondary N) is 2. The van der Waals surface area contributed by atoms with Crippen molar-refractivity contribution < 1.29 is 9.32 Å². The fraction of sp³-hybridized carbons (Fsp3) is 0.350. The van der Waals surface area contributed by atoms with Gasteiger partial charge in [0, 0.05) is 49.6 Å². The first kappa shape index (κ1) is 17.5. The Morgan fingerprint density at radius 2 is 2.15 bits per heavy atom. The smallest absolute Gasteiger partial charge is 0.271 e. The zero-order chi connectivity index (χ0) is 18.8. The molecule has 27 heavy (non-hydrogen) atoms. The van der Waals surface area contributed by atoms with E-state index < -0.39 is 0 Å². The number of rotatable bonds is 5. The summed E-state index contributed by atoms with van der Waals surface area (Å²) >= 11 is 0. The Morgan fingerprint density at radius 3 is 2.93 bits per heavy atom. The van der Waals surface area contributed by atoms with Crippen LogP contribution in [-0.2, 0) is 26.4 Å². The molecule has 2 heterocycles. The molecule has 7 nitrogen and oxygen atoms in total. The molecular formula is C20H23N5O2. The molecule has 1 aliphatic carbocycles. The number of nitrogens with zero attached hydrogens (tertiary/aromatic N) is 3. The van der Waals surface area contributed by atoms with Crippen LogP contribution in [0.5, 0.6) is 0 Å². The molecule has 0 saturated carbocycles. The van der Waals surface area contributed by atoms with Crippen molar-refractivity contribution in [3.05, 3.63) is 59.0 Å². The van der Waals surface area contributed by atoms with E-state index in [9.17, 15) is 4.79 Å². The van der Waals surface area contributed by atoms with Crippen molar-refractivity contribution in [3.63, 3.8) is 0 Å². The van der Waals surface area contributed by atoms with Crippen molar-refractivity contribution in [1.82, 2.24) is 25.6 Å². The number of aryl methyl sites for hydroxylation is 1. The highest BCUT2D eigenvalue weighted by molar-refractivity contribution is 5.93. The lowest BCUT2D eigenvalue weighted by atomic mass is 9.91. The maximum Gasteiger partial charge on any atom is 0.271 e. The highest BCUT2D eigenvalue weighted by Gasteiger charge is 2.27. The Hall–Kier alpha value is -2.93. The lowest BCUT2D eigenvalue weighted by Gasteiger charge is -2.23. The maximum atomic E-state index is 12.1. The van der Waals surface area contributed by atoms with Gasteiger partial charge >= 0.3 is 0 Å². The highest BCUT2D eigenvalue weighted by atomic mass is 16.5. The van der Waals surface area contributed by atoms with Gasteiger partial charge in [-0.25, -0.2) is 0 Å². The fourth-order valence-electron chi connectivity index (χ4n) is 3.65. The number of amides is 1. The number of hydrogen-bond acceptors (Lipinski definition) is 5. The van der Waals surface area contributed by atoms with Crippen LogP contribution in [0.2, 0.25) is 0 Å². The topological polar surface area (TPSA) is 85.0 Å². The first-order valence-corrected chi connectivity index (χ1v) is 9.17. The molecule has 7 heteroatoms. The molecule has 4 rings (SSSR count). The third kappa shape index (κ3) is 3.50. The Bertz CT molecular complexity index is 945. The summed E-state index contributed by atoms with van der Waals surface area (Å²) in [5.74, 6) is 0.643. The summed E-state index contributed by atoms with van der Waals surface area (Å²) in [6.07, 6.45) is 2.69. The van der Waals surface area contributed by atoms with Gasteiger partial charge in [-0.2, -0.15) is 5.10 Å². The predicted octanol–water partition coefficient (Wildman–Crippen LogP) is 2.08. The van der Waals surface area contributed by atoms with Gasteiger partial charge in [0.2, 0.25) is 0 Å². The molecule has 2 aromatic heterocycles. The first-order chi connectivity index (χ1) is 13.2. The first-order valence-electron chi connectivity index (χ1n) is 9.17. The van der Waals surface area contributed by atoms with E-state index in [0.717, 1.165) is 47.5 Å². The van der Waals surface area contributed by atoms with Crippen molar-refractivity contribution in [1.29, 1.82) is 0 Å². The third-order valence-electron chi connectivity index (χ3n) is 5.09. The normalized spacial score (nSPS) is 16.1. The zero-order valence-electron chi connectivity index (χ0n) is 15.5. The number of fused-ring (bicyclic) bond motifs is 1. The molecule has 1 aliphatic rings. The van der Waals surface area contributed by atoms with Gasteiger partial charge in [-0.1, -0.05) is 35.5 Å². The van der Waals surface area contributed by atoms with E-state index in [-0.39, 0.29) is 11.9 Å². The minimum atomic E-state index is -0.128. The molecule has 0 radical (unpaired) electrons. The molecule has 1 unspecified atom stereocenters. The average molecular weight is 365 g/mol. The quantitative estimate of drug-likeness (QED) is 0.723. The van der Waals surface area contributed by atoms with E-state index in [1.54, 1.807) is 7.05 Å². The van der Waals surface area contributed by atoms with Gasteiger partial charge in [0.05, 0.1) is 5.69 Å². The molecule has 0 spiro atoms. The summed E-state index contributed by atoms with van der Waals surface area (Å²) < 4.78 is 7.29.